The highest BCUT2D eigenvalue weighted by atomic mass is 16.5. The van der Waals surface area contributed by atoms with Crippen LogP contribution in [0.25, 0.3) is 6.08 Å². The molecule has 0 saturated carbocycles. The third-order valence-corrected chi connectivity index (χ3v) is 4.08. The van der Waals surface area contributed by atoms with Gasteiger partial charge in [0.15, 0.2) is 11.5 Å². The van der Waals surface area contributed by atoms with Crippen LogP contribution in [-0.4, -0.2) is 30.1 Å². The van der Waals surface area contributed by atoms with E-state index in [0.717, 1.165) is 16.0 Å². The van der Waals surface area contributed by atoms with Crippen LogP contribution in [0.3, 0.4) is 0 Å². The van der Waals surface area contributed by atoms with E-state index in [1.807, 2.05) is 19.9 Å². The van der Waals surface area contributed by atoms with Crippen LogP contribution < -0.4 is 15.0 Å². The molecule has 7 heteroatoms. The third kappa shape index (κ3) is 3.52. The number of carbonyl (C=O) groups excluding carboxylic acids is 3. The highest BCUT2D eigenvalue weighted by Crippen LogP contribution is 2.28. The van der Waals surface area contributed by atoms with Crippen molar-refractivity contribution in [1.82, 2.24) is 5.32 Å². The maximum absolute atomic E-state index is 12.9. The molecule has 1 aliphatic rings. The molecule has 27 heavy (non-hydrogen) atoms. The van der Waals surface area contributed by atoms with Crippen LogP contribution in [0.5, 0.6) is 11.5 Å². The summed E-state index contributed by atoms with van der Waals surface area (Å²) in [5.74, 6) is -1.36. The second-order valence-corrected chi connectivity index (χ2v) is 6.24. The van der Waals surface area contributed by atoms with Gasteiger partial charge in [-0.05, 0) is 60.9 Å². The first-order valence-corrected chi connectivity index (χ1v) is 8.17. The van der Waals surface area contributed by atoms with Crippen molar-refractivity contribution in [2.45, 2.75) is 13.8 Å². The number of phenols is 1. The van der Waals surface area contributed by atoms with Gasteiger partial charge in [0.25, 0.3) is 11.8 Å². The molecule has 3 rings (SSSR count). The van der Waals surface area contributed by atoms with Crippen LogP contribution in [-0.2, 0) is 9.59 Å². The Hall–Kier alpha value is -3.61. The summed E-state index contributed by atoms with van der Waals surface area (Å²) in [7, 11) is 1.39. The molecule has 1 saturated heterocycles. The van der Waals surface area contributed by atoms with Crippen molar-refractivity contribution in [2.75, 3.05) is 12.0 Å². The monoisotopic (exact) mass is 366 g/mol. The zero-order chi connectivity index (χ0) is 19.7. The number of amides is 4. The fourth-order valence-corrected chi connectivity index (χ4v) is 2.92. The van der Waals surface area contributed by atoms with Crippen molar-refractivity contribution in [1.29, 1.82) is 0 Å². The highest BCUT2D eigenvalue weighted by molar-refractivity contribution is 6.39. The number of imide groups is 2. The van der Waals surface area contributed by atoms with E-state index in [0.29, 0.717) is 11.3 Å². The second kappa shape index (κ2) is 6.95. The maximum atomic E-state index is 12.9. The standard InChI is InChI=1S/C20H18N2O5/c1-11-6-12(2)8-14(7-11)22-19(25)15(18(24)21-20(22)26)9-13-4-5-16(23)17(10-13)27-3/h4-10,23H,1-3H3,(H,21,24,26)/b15-9+. The predicted octanol–water partition coefficient (Wildman–Crippen LogP) is 2.68. The Morgan fingerprint density at radius 2 is 1.70 bits per heavy atom. The number of aryl methyl sites for hydroxylation is 2. The number of phenolic OH excluding ortho intramolecular Hbond substituents is 1. The number of methoxy groups -OCH3 is 1. The number of carbonyl (C=O) groups is 3. The van der Waals surface area contributed by atoms with Gasteiger partial charge >= 0.3 is 6.03 Å². The Labute approximate surface area is 155 Å². The van der Waals surface area contributed by atoms with Gasteiger partial charge in [-0.25, -0.2) is 9.69 Å². The summed E-state index contributed by atoms with van der Waals surface area (Å²) in [6, 6.07) is 8.92. The molecule has 1 aliphatic heterocycles. The molecule has 2 aromatic carbocycles. The maximum Gasteiger partial charge on any atom is 0.335 e. The fraction of sp³-hybridized carbons (Fsp3) is 0.150. The number of anilines is 1. The molecule has 4 amide bonds. The van der Waals surface area contributed by atoms with Gasteiger partial charge in [-0.2, -0.15) is 0 Å². The van der Waals surface area contributed by atoms with Crippen molar-refractivity contribution >= 4 is 29.6 Å². The largest absolute Gasteiger partial charge is 0.504 e. The van der Waals surface area contributed by atoms with Crippen LogP contribution in [0.1, 0.15) is 16.7 Å². The van der Waals surface area contributed by atoms with E-state index < -0.39 is 17.8 Å². The molecule has 0 bridgehead atoms. The average molecular weight is 366 g/mol. The van der Waals surface area contributed by atoms with Crippen LogP contribution >= 0.6 is 0 Å². The number of hydrogen-bond donors (Lipinski definition) is 2. The molecular weight excluding hydrogens is 348 g/mol. The van der Waals surface area contributed by atoms with Crippen molar-refractivity contribution in [3.05, 3.63) is 58.7 Å². The quantitative estimate of drug-likeness (QED) is 0.643. The Morgan fingerprint density at radius 3 is 2.33 bits per heavy atom. The lowest BCUT2D eigenvalue weighted by molar-refractivity contribution is -0.122. The molecule has 2 aromatic rings. The number of benzene rings is 2. The van der Waals surface area contributed by atoms with Gasteiger partial charge in [-0.1, -0.05) is 12.1 Å². The molecule has 0 atom stereocenters. The topological polar surface area (TPSA) is 95.9 Å². The van der Waals surface area contributed by atoms with Gasteiger partial charge in [0.2, 0.25) is 0 Å². The summed E-state index contributed by atoms with van der Waals surface area (Å²) in [5, 5.41) is 11.9. The fourth-order valence-electron chi connectivity index (χ4n) is 2.92. The first kappa shape index (κ1) is 18.2. The Kier molecular flexibility index (Phi) is 4.68. The minimum Gasteiger partial charge on any atom is -0.504 e. The Balaban J connectivity index is 2.04. The zero-order valence-corrected chi connectivity index (χ0v) is 15.1. The number of rotatable bonds is 3. The van der Waals surface area contributed by atoms with E-state index in [-0.39, 0.29) is 17.1 Å². The number of aromatic hydroxyl groups is 1. The Morgan fingerprint density at radius 1 is 1.04 bits per heavy atom. The van der Waals surface area contributed by atoms with E-state index in [4.69, 9.17) is 4.74 Å². The number of hydrogen-bond acceptors (Lipinski definition) is 5. The normalized spacial score (nSPS) is 15.9. The molecule has 138 valence electrons. The molecule has 0 aromatic heterocycles. The summed E-state index contributed by atoms with van der Waals surface area (Å²) in [6.07, 6.45) is 1.35. The second-order valence-electron chi connectivity index (χ2n) is 6.24. The first-order chi connectivity index (χ1) is 12.8. The van der Waals surface area contributed by atoms with E-state index in [1.165, 1.54) is 31.4 Å². The van der Waals surface area contributed by atoms with Crippen molar-refractivity contribution < 1.29 is 24.2 Å². The van der Waals surface area contributed by atoms with E-state index in [1.54, 1.807) is 12.1 Å². The molecule has 0 aliphatic carbocycles. The summed E-state index contributed by atoms with van der Waals surface area (Å²) in [6.45, 7) is 3.71. The van der Waals surface area contributed by atoms with Gasteiger partial charge in [-0.15, -0.1) is 0 Å². The minimum absolute atomic E-state index is 0.0638. The van der Waals surface area contributed by atoms with E-state index >= 15 is 0 Å². The number of urea groups is 1. The molecular formula is C20H18N2O5. The summed E-state index contributed by atoms with van der Waals surface area (Å²) in [4.78, 5) is 38.3. The molecule has 7 nitrogen and oxygen atoms in total. The first-order valence-electron chi connectivity index (χ1n) is 8.17. The molecule has 0 spiro atoms. The van der Waals surface area contributed by atoms with Gasteiger partial charge in [0, 0.05) is 0 Å². The molecule has 1 heterocycles. The predicted molar refractivity (Wildman–Crippen MR) is 99.6 cm³/mol. The smallest absolute Gasteiger partial charge is 0.335 e. The van der Waals surface area contributed by atoms with Crippen LogP contribution in [0.15, 0.2) is 42.0 Å². The van der Waals surface area contributed by atoms with Crippen molar-refractivity contribution in [2.24, 2.45) is 0 Å². The van der Waals surface area contributed by atoms with Crippen LogP contribution in [0, 0.1) is 13.8 Å². The van der Waals surface area contributed by atoms with E-state index in [9.17, 15) is 19.5 Å². The number of barbiturate groups is 1. The lowest BCUT2D eigenvalue weighted by Crippen LogP contribution is -2.54. The Bertz CT molecular complexity index is 974. The van der Waals surface area contributed by atoms with Crippen molar-refractivity contribution in [3.8, 4) is 11.5 Å². The van der Waals surface area contributed by atoms with Gasteiger partial charge in [-0.3, -0.25) is 14.9 Å². The van der Waals surface area contributed by atoms with E-state index in [2.05, 4.69) is 5.32 Å². The van der Waals surface area contributed by atoms with Crippen molar-refractivity contribution in [3.63, 3.8) is 0 Å². The lowest BCUT2D eigenvalue weighted by Gasteiger charge is -2.27. The summed E-state index contributed by atoms with van der Waals surface area (Å²) in [5.41, 5.74) is 2.43. The highest BCUT2D eigenvalue weighted by Gasteiger charge is 2.36. The molecule has 1 fully saturated rings. The molecule has 2 N–H and O–H groups in total. The number of ether oxygens (including phenoxy) is 1. The SMILES string of the molecule is COc1cc(/C=C2\C(=O)NC(=O)N(c3cc(C)cc(C)c3)C2=O)ccc1O. The average Bonchev–Trinajstić information content (AvgIpc) is 2.59. The molecule has 0 radical (unpaired) electrons. The summed E-state index contributed by atoms with van der Waals surface area (Å²) >= 11 is 0. The zero-order valence-electron chi connectivity index (χ0n) is 15.1. The summed E-state index contributed by atoms with van der Waals surface area (Å²) < 4.78 is 5.03. The van der Waals surface area contributed by atoms with Crippen LogP contribution in [0.2, 0.25) is 0 Å². The third-order valence-electron chi connectivity index (χ3n) is 4.08. The van der Waals surface area contributed by atoms with Gasteiger partial charge in [0.1, 0.15) is 5.57 Å². The van der Waals surface area contributed by atoms with Gasteiger partial charge in [0.05, 0.1) is 12.8 Å². The minimum atomic E-state index is -0.796. The number of nitrogens with zero attached hydrogens (tertiary/aromatic N) is 1. The van der Waals surface area contributed by atoms with Crippen LogP contribution in [0.4, 0.5) is 10.5 Å². The molecule has 0 unspecified atom stereocenters. The number of nitrogens with one attached hydrogen (secondary N) is 1. The van der Waals surface area contributed by atoms with Gasteiger partial charge < -0.3 is 9.84 Å². The lowest BCUT2D eigenvalue weighted by atomic mass is 10.1.